The number of carbonyl (C=O) groups is 3. The minimum Gasteiger partial charge on any atom is -0.364 e. The van der Waals surface area contributed by atoms with Crippen LogP contribution < -0.4 is 10.2 Å². The monoisotopic (exact) mass is 454 g/mol. The summed E-state index contributed by atoms with van der Waals surface area (Å²) in [6.07, 6.45) is 0. The van der Waals surface area contributed by atoms with Gasteiger partial charge in [-0.05, 0) is 36.4 Å². The minimum absolute atomic E-state index is 0.128. The molecule has 1 saturated heterocycles. The Morgan fingerprint density at radius 2 is 1.64 bits per heavy atom. The summed E-state index contributed by atoms with van der Waals surface area (Å²) in [4.78, 5) is 43.0. The van der Waals surface area contributed by atoms with E-state index in [1.165, 1.54) is 6.92 Å². The van der Waals surface area contributed by atoms with Crippen LogP contribution in [-0.4, -0.2) is 60.2 Å². The lowest BCUT2D eigenvalue weighted by Gasteiger charge is -2.36. The fourth-order valence-electron chi connectivity index (χ4n) is 4.16. The number of nitrogens with one attached hydrogen (secondary N) is 1. The largest absolute Gasteiger partial charge is 0.364 e. The zero-order valence-electron chi connectivity index (χ0n) is 18.4. The van der Waals surface area contributed by atoms with E-state index in [-0.39, 0.29) is 17.2 Å². The summed E-state index contributed by atoms with van der Waals surface area (Å²) in [6, 6.07) is 9.17. The van der Waals surface area contributed by atoms with Gasteiger partial charge in [-0.25, -0.2) is 13.7 Å². The van der Waals surface area contributed by atoms with Gasteiger partial charge in [-0.15, -0.1) is 0 Å². The number of benzene rings is 2. The molecule has 0 radical (unpaired) electrons. The molecule has 2 heterocycles. The van der Waals surface area contributed by atoms with Crippen molar-refractivity contribution in [3.05, 3.63) is 65.4 Å². The molecule has 1 fully saturated rings. The van der Waals surface area contributed by atoms with E-state index < -0.39 is 29.1 Å². The topological polar surface area (TPSA) is 73.0 Å². The molecule has 2 aliphatic rings. The highest BCUT2D eigenvalue weighted by Crippen LogP contribution is 2.36. The van der Waals surface area contributed by atoms with Gasteiger partial charge in [-0.1, -0.05) is 19.1 Å². The Labute approximate surface area is 190 Å². The van der Waals surface area contributed by atoms with Crippen molar-refractivity contribution in [1.82, 2.24) is 9.80 Å². The van der Waals surface area contributed by atoms with Gasteiger partial charge in [0.25, 0.3) is 11.8 Å². The van der Waals surface area contributed by atoms with Crippen molar-refractivity contribution in [2.75, 3.05) is 42.9 Å². The third kappa shape index (κ3) is 4.36. The Morgan fingerprint density at radius 1 is 0.970 bits per heavy atom. The van der Waals surface area contributed by atoms with Crippen LogP contribution in [-0.2, 0) is 14.4 Å². The van der Waals surface area contributed by atoms with Gasteiger partial charge in [-0.2, -0.15) is 0 Å². The van der Waals surface area contributed by atoms with Crippen LogP contribution in [0.15, 0.2) is 48.2 Å². The second kappa shape index (κ2) is 9.11. The standard InChI is InChI=1S/C24H24F2N4O3/c1-3-28-10-12-29(13-11-28)22-21(16-4-7-18(8-5-16)27-15(2)31)23(32)30(24(22)33)20-14-17(25)6-9-19(20)26/h4-9,14H,3,10-13H2,1-2H3,(H,27,31). The summed E-state index contributed by atoms with van der Waals surface area (Å²) in [5, 5.41) is 2.65. The van der Waals surface area contributed by atoms with E-state index in [4.69, 9.17) is 0 Å². The fourth-order valence-corrected chi connectivity index (χ4v) is 4.16. The second-order valence-corrected chi connectivity index (χ2v) is 7.94. The molecule has 4 rings (SSSR count). The van der Waals surface area contributed by atoms with Crippen LogP contribution in [0.25, 0.3) is 5.57 Å². The highest BCUT2D eigenvalue weighted by molar-refractivity contribution is 6.45. The first kappa shape index (κ1) is 22.6. The van der Waals surface area contributed by atoms with Crippen LogP contribution in [0.5, 0.6) is 0 Å². The van der Waals surface area contributed by atoms with Crippen LogP contribution in [0, 0.1) is 11.6 Å². The molecular formula is C24H24F2N4O3. The first-order chi connectivity index (χ1) is 15.8. The molecule has 9 heteroatoms. The average Bonchev–Trinajstić information content (AvgIpc) is 3.05. The van der Waals surface area contributed by atoms with E-state index in [1.54, 1.807) is 24.3 Å². The number of nitrogens with zero attached hydrogens (tertiary/aromatic N) is 3. The van der Waals surface area contributed by atoms with Crippen molar-refractivity contribution >= 4 is 34.7 Å². The molecule has 0 unspecified atom stereocenters. The molecule has 0 aliphatic carbocycles. The number of halogens is 2. The molecule has 2 aromatic rings. The van der Waals surface area contributed by atoms with Crippen molar-refractivity contribution in [3.63, 3.8) is 0 Å². The van der Waals surface area contributed by atoms with Gasteiger partial charge < -0.3 is 15.1 Å². The number of hydrogen-bond donors (Lipinski definition) is 1. The molecule has 2 aliphatic heterocycles. The molecule has 33 heavy (non-hydrogen) atoms. The third-order valence-electron chi connectivity index (χ3n) is 5.84. The Hall–Kier alpha value is -3.59. The molecule has 172 valence electrons. The van der Waals surface area contributed by atoms with E-state index in [9.17, 15) is 23.2 Å². The zero-order valence-corrected chi connectivity index (χ0v) is 18.4. The summed E-state index contributed by atoms with van der Waals surface area (Å²) in [5.41, 5.74) is 0.874. The quantitative estimate of drug-likeness (QED) is 0.704. The maximum absolute atomic E-state index is 14.5. The van der Waals surface area contributed by atoms with Gasteiger partial charge in [0.1, 0.15) is 17.3 Å². The third-order valence-corrected chi connectivity index (χ3v) is 5.84. The maximum atomic E-state index is 14.5. The predicted molar refractivity (Wildman–Crippen MR) is 120 cm³/mol. The van der Waals surface area contributed by atoms with E-state index in [0.29, 0.717) is 42.3 Å². The van der Waals surface area contributed by atoms with Crippen molar-refractivity contribution in [2.24, 2.45) is 0 Å². The number of hydrogen-bond acceptors (Lipinski definition) is 5. The zero-order chi connectivity index (χ0) is 23.7. The lowest BCUT2D eigenvalue weighted by Crippen LogP contribution is -2.47. The van der Waals surface area contributed by atoms with Crippen molar-refractivity contribution in [1.29, 1.82) is 0 Å². The van der Waals surface area contributed by atoms with E-state index >= 15 is 0 Å². The van der Waals surface area contributed by atoms with Gasteiger partial charge in [0.2, 0.25) is 5.91 Å². The number of anilines is 2. The lowest BCUT2D eigenvalue weighted by atomic mass is 10.0. The smallest absolute Gasteiger partial charge is 0.282 e. The predicted octanol–water partition coefficient (Wildman–Crippen LogP) is 2.85. The van der Waals surface area contributed by atoms with Crippen molar-refractivity contribution in [3.8, 4) is 0 Å². The molecule has 2 aromatic carbocycles. The lowest BCUT2D eigenvalue weighted by molar-refractivity contribution is -0.121. The number of carbonyl (C=O) groups excluding carboxylic acids is 3. The number of rotatable bonds is 5. The normalized spacial score (nSPS) is 17.2. The molecule has 0 atom stereocenters. The summed E-state index contributed by atoms with van der Waals surface area (Å²) < 4.78 is 28.4. The van der Waals surface area contributed by atoms with Gasteiger partial charge in [0.15, 0.2) is 0 Å². The highest BCUT2D eigenvalue weighted by Gasteiger charge is 2.44. The van der Waals surface area contributed by atoms with E-state index in [2.05, 4.69) is 17.1 Å². The van der Waals surface area contributed by atoms with Crippen molar-refractivity contribution < 1.29 is 23.2 Å². The van der Waals surface area contributed by atoms with Crippen LogP contribution in [0.2, 0.25) is 0 Å². The molecule has 0 spiro atoms. The summed E-state index contributed by atoms with van der Waals surface area (Å²) in [5.74, 6) is -3.26. The van der Waals surface area contributed by atoms with Gasteiger partial charge in [-0.3, -0.25) is 14.4 Å². The van der Waals surface area contributed by atoms with Crippen LogP contribution in [0.4, 0.5) is 20.2 Å². The first-order valence-electron chi connectivity index (χ1n) is 10.7. The maximum Gasteiger partial charge on any atom is 0.282 e. The molecule has 1 N–H and O–H groups in total. The first-order valence-corrected chi connectivity index (χ1v) is 10.7. The summed E-state index contributed by atoms with van der Waals surface area (Å²) in [7, 11) is 0. The molecular weight excluding hydrogens is 430 g/mol. The number of amides is 3. The summed E-state index contributed by atoms with van der Waals surface area (Å²) >= 11 is 0. The SMILES string of the molecule is CCN1CCN(C2=C(c3ccc(NC(C)=O)cc3)C(=O)N(c3cc(F)ccc3F)C2=O)CC1. The average molecular weight is 454 g/mol. The van der Waals surface area contributed by atoms with Gasteiger partial charge in [0.05, 0.1) is 11.3 Å². The number of likely N-dealkylation sites (N-methyl/N-ethyl adjacent to an activating group) is 1. The minimum atomic E-state index is -0.865. The molecule has 0 aromatic heterocycles. The molecule has 3 amide bonds. The molecule has 7 nitrogen and oxygen atoms in total. The van der Waals surface area contributed by atoms with E-state index in [0.717, 1.165) is 24.7 Å². The van der Waals surface area contributed by atoms with Crippen LogP contribution in [0.3, 0.4) is 0 Å². The van der Waals surface area contributed by atoms with Gasteiger partial charge >= 0.3 is 0 Å². The van der Waals surface area contributed by atoms with Crippen LogP contribution in [0.1, 0.15) is 19.4 Å². The van der Waals surface area contributed by atoms with Gasteiger partial charge in [0, 0.05) is 44.9 Å². The second-order valence-electron chi connectivity index (χ2n) is 7.94. The van der Waals surface area contributed by atoms with E-state index in [1.807, 2.05) is 4.90 Å². The Kier molecular flexibility index (Phi) is 6.24. The molecule has 0 bridgehead atoms. The van der Waals surface area contributed by atoms with Crippen LogP contribution >= 0.6 is 0 Å². The Balaban J connectivity index is 1.78. The highest BCUT2D eigenvalue weighted by atomic mass is 19.1. The molecule has 0 saturated carbocycles. The number of imide groups is 1. The summed E-state index contributed by atoms with van der Waals surface area (Å²) in [6.45, 7) is 6.78. The fraction of sp³-hybridized carbons (Fsp3) is 0.292. The van der Waals surface area contributed by atoms with Crippen molar-refractivity contribution in [2.45, 2.75) is 13.8 Å². The Morgan fingerprint density at radius 3 is 2.24 bits per heavy atom. The Bertz CT molecular complexity index is 1140. The number of piperazine rings is 1.